The van der Waals surface area contributed by atoms with Gasteiger partial charge in [-0.1, -0.05) is 11.6 Å². The van der Waals surface area contributed by atoms with Gasteiger partial charge in [0.1, 0.15) is 0 Å². The number of Topliss-reactive ketones (excluding diaryl/α,β-unsaturated/α-hetero) is 1. The molecule has 0 aliphatic carbocycles. The van der Waals surface area contributed by atoms with Crippen LogP contribution < -0.4 is 0 Å². The average molecular weight is 263 g/mol. The Morgan fingerprint density at radius 3 is 2.31 bits per heavy atom. The molecule has 0 amide bonds. The standard InChI is InChI=1S/C9H7ClO5S/c1-16(14,15)5-2-3-7(10)6(4-5)8(11)9(12)13/h2-4H,1H3,(H,12,13). The van der Waals surface area contributed by atoms with Crippen LogP contribution in [0.2, 0.25) is 5.02 Å². The van der Waals surface area contributed by atoms with Gasteiger partial charge in [-0.05, 0) is 18.2 Å². The van der Waals surface area contributed by atoms with Crippen LogP contribution in [0.25, 0.3) is 0 Å². The number of ketones is 1. The molecule has 1 N–H and O–H groups in total. The third-order valence-electron chi connectivity index (χ3n) is 1.80. The fraction of sp³-hybridized carbons (Fsp3) is 0.111. The van der Waals surface area contributed by atoms with Crippen molar-refractivity contribution in [3.8, 4) is 0 Å². The molecule has 0 atom stereocenters. The van der Waals surface area contributed by atoms with Crippen LogP contribution in [0.1, 0.15) is 10.4 Å². The predicted molar refractivity (Wildman–Crippen MR) is 56.5 cm³/mol. The molecule has 0 saturated carbocycles. The predicted octanol–water partition coefficient (Wildman–Crippen LogP) is 1.01. The number of carboxylic acid groups (broad SMARTS) is 1. The highest BCUT2D eigenvalue weighted by Crippen LogP contribution is 2.21. The van der Waals surface area contributed by atoms with E-state index < -0.39 is 21.6 Å². The van der Waals surface area contributed by atoms with E-state index in [0.29, 0.717) is 0 Å². The zero-order valence-corrected chi connectivity index (χ0v) is 9.67. The van der Waals surface area contributed by atoms with Crippen LogP contribution in [0, 0.1) is 0 Å². The third-order valence-corrected chi connectivity index (χ3v) is 3.24. The summed E-state index contributed by atoms with van der Waals surface area (Å²) < 4.78 is 22.4. The molecule has 0 aliphatic heterocycles. The first-order valence-electron chi connectivity index (χ1n) is 4.00. The SMILES string of the molecule is CS(=O)(=O)c1ccc(Cl)c(C(=O)C(=O)O)c1. The number of hydrogen-bond acceptors (Lipinski definition) is 4. The lowest BCUT2D eigenvalue weighted by atomic mass is 10.1. The summed E-state index contributed by atoms with van der Waals surface area (Å²) in [5.41, 5.74) is -0.336. The topological polar surface area (TPSA) is 88.5 Å². The van der Waals surface area contributed by atoms with Crippen molar-refractivity contribution in [2.24, 2.45) is 0 Å². The van der Waals surface area contributed by atoms with Crippen molar-refractivity contribution in [3.05, 3.63) is 28.8 Å². The molecule has 1 rings (SSSR count). The van der Waals surface area contributed by atoms with Crippen LogP contribution in [-0.4, -0.2) is 31.5 Å². The van der Waals surface area contributed by atoms with Gasteiger partial charge in [0.05, 0.1) is 9.92 Å². The molecular weight excluding hydrogens is 256 g/mol. The zero-order valence-electron chi connectivity index (χ0n) is 8.10. The maximum atomic E-state index is 11.2. The van der Waals surface area contributed by atoms with E-state index in [1.165, 1.54) is 12.1 Å². The van der Waals surface area contributed by atoms with E-state index in [1.54, 1.807) is 0 Å². The zero-order chi connectivity index (χ0) is 12.5. The minimum Gasteiger partial charge on any atom is -0.475 e. The highest BCUT2D eigenvalue weighted by Gasteiger charge is 2.20. The number of sulfone groups is 1. The summed E-state index contributed by atoms with van der Waals surface area (Å²) in [4.78, 5) is 21.5. The largest absolute Gasteiger partial charge is 0.475 e. The monoisotopic (exact) mass is 262 g/mol. The van der Waals surface area contributed by atoms with Crippen LogP contribution in [0.3, 0.4) is 0 Å². The van der Waals surface area contributed by atoms with E-state index in [9.17, 15) is 18.0 Å². The Balaban J connectivity index is 3.41. The van der Waals surface area contributed by atoms with E-state index in [4.69, 9.17) is 16.7 Å². The summed E-state index contributed by atoms with van der Waals surface area (Å²) in [7, 11) is -3.51. The molecule has 0 heterocycles. The molecule has 16 heavy (non-hydrogen) atoms. The van der Waals surface area contributed by atoms with Crippen LogP contribution >= 0.6 is 11.6 Å². The van der Waals surface area contributed by atoms with Gasteiger partial charge < -0.3 is 5.11 Å². The van der Waals surface area contributed by atoms with Crippen LogP contribution in [-0.2, 0) is 14.6 Å². The molecule has 0 spiro atoms. The summed E-state index contributed by atoms with van der Waals surface area (Å²) in [6.45, 7) is 0. The number of aliphatic carboxylic acids is 1. The molecule has 1 aromatic carbocycles. The third kappa shape index (κ3) is 2.59. The quantitative estimate of drug-likeness (QED) is 0.649. The molecule has 0 aliphatic rings. The summed E-state index contributed by atoms with van der Waals surface area (Å²) in [6, 6.07) is 3.33. The molecule has 0 fully saturated rings. The molecule has 1 aromatic rings. The van der Waals surface area contributed by atoms with Crippen LogP contribution in [0.4, 0.5) is 0 Å². The van der Waals surface area contributed by atoms with Gasteiger partial charge in [-0.2, -0.15) is 0 Å². The second-order valence-electron chi connectivity index (χ2n) is 3.05. The number of hydrogen-bond donors (Lipinski definition) is 1. The van der Waals surface area contributed by atoms with E-state index in [0.717, 1.165) is 12.3 Å². The van der Waals surface area contributed by atoms with Crippen molar-refractivity contribution in [2.75, 3.05) is 6.26 Å². The molecule has 5 nitrogen and oxygen atoms in total. The fourth-order valence-corrected chi connectivity index (χ4v) is 1.87. The Morgan fingerprint density at radius 2 is 1.88 bits per heavy atom. The lowest BCUT2D eigenvalue weighted by molar-refractivity contribution is -0.131. The van der Waals surface area contributed by atoms with Gasteiger partial charge in [-0.15, -0.1) is 0 Å². The highest BCUT2D eigenvalue weighted by molar-refractivity contribution is 7.90. The minimum atomic E-state index is -3.51. The van der Waals surface area contributed by atoms with Crippen molar-refractivity contribution < 1.29 is 23.1 Å². The summed E-state index contributed by atoms with van der Waals surface area (Å²) in [5, 5.41) is 8.40. The van der Waals surface area contributed by atoms with Gasteiger partial charge >= 0.3 is 5.97 Å². The first-order chi connectivity index (χ1) is 7.23. The fourth-order valence-electron chi connectivity index (χ4n) is 1.02. The maximum Gasteiger partial charge on any atom is 0.377 e. The number of benzene rings is 1. The average Bonchev–Trinajstić information content (AvgIpc) is 2.15. The van der Waals surface area contributed by atoms with Crippen molar-refractivity contribution in [1.82, 2.24) is 0 Å². The molecule has 0 unspecified atom stereocenters. The number of halogens is 1. The van der Waals surface area contributed by atoms with E-state index in [-0.39, 0.29) is 15.5 Å². The Bertz CT molecular complexity index is 561. The van der Waals surface area contributed by atoms with Gasteiger partial charge in [-0.3, -0.25) is 4.79 Å². The van der Waals surface area contributed by atoms with Gasteiger partial charge in [0, 0.05) is 11.8 Å². The van der Waals surface area contributed by atoms with Gasteiger partial charge in [0.25, 0.3) is 5.78 Å². The molecule has 0 saturated heterocycles. The van der Waals surface area contributed by atoms with Crippen LogP contribution in [0.15, 0.2) is 23.1 Å². The van der Waals surface area contributed by atoms with Gasteiger partial charge in [0.15, 0.2) is 9.84 Å². The Hall–Kier alpha value is -1.40. The van der Waals surface area contributed by atoms with Gasteiger partial charge in [0.2, 0.25) is 0 Å². The minimum absolute atomic E-state index is 0.0974. The lowest BCUT2D eigenvalue weighted by Gasteiger charge is -2.03. The molecule has 7 heteroatoms. The number of carboxylic acids is 1. The lowest BCUT2D eigenvalue weighted by Crippen LogP contribution is -2.14. The first kappa shape index (κ1) is 12.7. The normalized spacial score (nSPS) is 11.1. The molecule has 86 valence electrons. The summed E-state index contributed by atoms with van der Waals surface area (Å²) in [6.07, 6.45) is 0.950. The van der Waals surface area contributed by atoms with E-state index in [1.807, 2.05) is 0 Å². The molecular formula is C9H7ClO5S. The highest BCUT2D eigenvalue weighted by atomic mass is 35.5. The van der Waals surface area contributed by atoms with E-state index in [2.05, 4.69) is 0 Å². The second-order valence-corrected chi connectivity index (χ2v) is 5.47. The van der Waals surface area contributed by atoms with Crippen molar-refractivity contribution in [2.45, 2.75) is 4.90 Å². The summed E-state index contributed by atoms with van der Waals surface area (Å²) >= 11 is 5.61. The molecule has 0 aromatic heterocycles. The van der Waals surface area contributed by atoms with Gasteiger partial charge in [-0.25, -0.2) is 13.2 Å². The second kappa shape index (κ2) is 4.23. The van der Waals surface area contributed by atoms with E-state index >= 15 is 0 Å². The number of carbonyl (C=O) groups excluding carboxylic acids is 1. The summed E-state index contributed by atoms with van der Waals surface area (Å²) in [5.74, 6) is -2.93. The Kier molecular flexibility index (Phi) is 3.35. The van der Waals surface area contributed by atoms with Crippen molar-refractivity contribution in [1.29, 1.82) is 0 Å². The number of carbonyl (C=O) groups is 2. The number of rotatable bonds is 3. The Morgan fingerprint density at radius 1 is 1.31 bits per heavy atom. The van der Waals surface area contributed by atoms with Crippen molar-refractivity contribution >= 4 is 33.2 Å². The van der Waals surface area contributed by atoms with Crippen LogP contribution in [0.5, 0.6) is 0 Å². The molecule has 0 bridgehead atoms. The molecule has 0 radical (unpaired) electrons. The van der Waals surface area contributed by atoms with Crippen molar-refractivity contribution in [3.63, 3.8) is 0 Å². The maximum absolute atomic E-state index is 11.2. The smallest absolute Gasteiger partial charge is 0.377 e. The Labute approximate surface area is 96.6 Å². The first-order valence-corrected chi connectivity index (χ1v) is 6.27.